The zero-order chi connectivity index (χ0) is 15.2. The number of hydrogen-bond acceptors (Lipinski definition) is 3. The molecular formula is C17H21NO2S. The van der Waals surface area contributed by atoms with Crippen LogP contribution in [0.3, 0.4) is 0 Å². The van der Waals surface area contributed by atoms with E-state index in [2.05, 4.69) is 25.1 Å². The number of terminal acetylenes is 1. The molecule has 1 fully saturated rings. The molecule has 1 saturated heterocycles. The summed E-state index contributed by atoms with van der Waals surface area (Å²) in [6.07, 6.45) is 6.44. The van der Waals surface area contributed by atoms with Gasteiger partial charge in [-0.2, -0.15) is 0 Å². The number of benzene rings is 1. The fourth-order valence-corrected chi connectivity index (χ4v) is 3.13. The fraction of sp³-hybridized carbons (Fsp3) is 0.471. The van der Waals surface area contributed by atoms with Gasteiger partial charge in [0.05, 0.1) is 12.6 Å². The van der Waals surface area contributed by atoms with E-state index in [9.17, 15) is 4.79 Å². The molecule has 0 aliphatic carbocycles. The summed E-state index contributed by atoms with van der Waals surface area (Å²) in [7, 11) is 0. The quantitative estimate of drug-likeness (QED) is 0.671. The molecule has 0 aromatic heterocycles. The highest BCUT2D eigenvalue weighted by Gasteiger charge is 2.25. The normalized spacial score (nSPS) is 19.2. The maximum absolute atomic E-state index is 12.2. The van der Waals surface area contributed by atoms with Gasteiger partial charge in [0.1, 0.15) is 0 Å². The zero-order valence-corrected chi connectivity index (χ0v) is 13.3. The highest BCUT2D eigenvalue weighted by Crippen LogP contribution is 2.23. The summed E-state index contributed by atoms with van der Waals surface area (Å²) in [5.74, 6) is 2.76. The molecule has 1 aromatic carbocycles. The summed E-state index contributed by atoms with van der Waals surface area (Å²) in [6, 6.07) is 7.38. The van der Waals surface area contributed by atoms with Crippen LogP contribution in [0.2, 0.25) is 0 Å². The molecule has 2 atom stereocenters. The Morgan fingerprint density at radius 1 is 1.43 bits per heavy atom. The van der Waals surface area contributed by atoms with Crippen LogP contribution in [-0.2, 0) is 4.74 Å². The van der Waals surface area contributed by atoms with E-state index in [0.29, 0.717) is 17.4 Å². The van der Waals surface area contributed by atoms with E-state index in [0.717, 1.165) is 13.0 Å². The number of thioether (sulfide) groups is 1. The Morgan fingerprint density at radius 2 is 2.14 bits per heavy atom. The van der Waals surface area contributed by atoms with Crippen molar-refractivity contribution in [2.24, 2.45) is 5.92 Å². The van der Waals surface area contributed by atoms with Crippen molar-refractivity contribution in [2.75, 3.05) is 13.2 Å². The highest BCUT2D eigenvalue weighted by atomic mass is 32.2. The molecule has 0 radical (unpaired) electrons. The predicted molar refractivity (Wildman–Crippen MR) is 86.4 cm³/mol. The number of ether oxygens (including phenoxy) is 1. The van der Waals surface area contributed by atoms with Gasteiger partial charge in [-0.15, -0.1) is 18.2 Å². The van der Waals surface area contributed by atoms with Crippen molar-refractivity contribution in [3.63, 3.8) is 0 Å². The molecule has 2 rings (SSSR count). The number of carbonyl (C=O) groups excluding carboxylic acids is 1. The third-order valence-corrected chi connectivity index (χ3v) is 4.41. The van der Waals surface area contributed by atoms with Gasteiger partial charge in [-0.3, -0.25) is 4.79 Å². The van der Waals surface area contributed by atoms with E-state index >= 15 is 0 Å². The molecule has 21 heavy (non-hydrogen) atoms. The average Bonchev–Trinajstić information content (AvgIpc) is 2.98. The van der Waals surface area contributed by atoms with Crippen molar-refractivity contribution in [2.45, 2.75) is 36.5 Å². The van der Waals surface area contributed by atoms with Crippen molar-refractivity contribution >= 4 is 17.7 Å². The second-order valence-electron chi connectivity index (χ2n) is 5.43. The van der Waals surface area contributed by atoms with Gasteiger partial charge in [0.15, 0.2) is 0 Å². The molecule has 1 heterocycles. The van der Waals surface area contributed by atoms with Gasteiger partial charge in [0.25, 0.3) is 5.91 Å². The van der Waals surface area contributed by atoms with Crippen molar-refractivity contribution in [1.82, 2.24) is 5.32 Å². The van der Waals surface area contributed by atoms with E-state index in [1.807, 2.05) is 24.3 Å². The minimum absolute atomic E-state index is 0.119. The summed E-state index contributed by atoms with van der Waals surface area (Å²) < 4.78 is 5.33. The second kappa shape index (κ2) is 7.53. The number of rotatable bonds is 5. The molecule has 0 saturated carbocycles. The molecule has 4 heteroatoms. The monoisotopic (exact) mass is 303 g/mol. The van der Waals surface area contributed by atoms with Crippen molar-refractivity contribution < 1.29 is 9.53 Å². The Hall–Kier alpha value is -1.44. The summed E-state index contributed by atoms with van der Waals surface area (Å²) in [4.78, 5) is 13.4. The first-order valence-corrected chi connectivity index (χ1v) is 8.09. The molecule has 0 spiro atoms. The maximum Gasteiger partial charge on any atom is 0.252 e. The minimum atomic E-state index is -0.260. The number of amides is 1. The smallest absolute Gasteiger partial charge is 0.252 e. The largest absolute Gasteiger partial charge is 0.381 e. The highest BCUT2D eigenvalue weighted by molar-refractivity contribution is 7.99. The topological polar surface area (TPSA) is 38.3 Å². The van der Waals surface area contributed by atoms with Gasteiger partial charge in [0.2, 0.25) is 0 Å². The lowest BCUT2D eigenvalue weighted by Gasteiger charge is -2.18. The van der Waals surface area contributed by atoms with E-state index in [-0.39, 0.29) is 17.9 Å². The van der Waals surface area contributed by atoms with Crippen molar-refractivity contribution in [3.05, 3.63) is 29.8 Å². The van der Waals surface area contributed by atoms with Crippen LogP contribution in [0.1, 0.15) is 30.6 Å². The van der Waals surface area contributed by atoms with Gasteiger partial charge < -0.3 is 10.1 Å². The summed E-state index contributed by atoms with van der Waals surface area (Å²) in [5, 5.41) is 3.45. The van der Waals surface area contributed by atoms with Crippen LogP contribution in [0.15, 0.2) is 29.2 Å². The average molecular weight is 303 g/mol. The lowest BCUT2D eigenvalue weighted by atomic mass is 9.99. The SMILES string of the molecule is C#CC(NC(=O)c1ccc(SC(C)C)cc1)C1CCOC1. The Bertz CT molecular complexity index is 513. The second-order valence-corrected chi connectivity index (χ2v) is 7.08. The molecule has 1 aromatic rings. The first kappa shape index (κ1) is 15.9. The lowest BCUT2D eigenvalue weighted by Crippen LogP contribution is -2.39. The summed E-state index contributed by atoms with van der Waals surface area (Å²) in [5.41, 5.74) is 0.641. The van der Waals surface area contributed by atoms with Gasteiger partial charge >= 0.3 is 0 Å². The number of carbonyl (C=O) groups is 1. The Morgan fingerprint density at radius 3 is 2.67 bits per heavy atom. The maximum atomic E-state index is 12.2. The van der Waals surface area contributed by atoms with Crippen molar-refractivity contribution in [1.29, 1.82) is 0 Å². The molecule has 1 aliphatic rings. The number of nitrogens with one attached hydrogen (secondary N) is 1. The third-order valence-electron chi connectivity index (χ3n) is 3.39. The molecule has 2 unspecified atom stereocenters. The molecule has 1 amide bonds. The molecular weight excluding hydrogens is 282 g/mol. The number of hydrogen-bond donors (Lipinski definition) is 1. The van der Waals surface area contributed by atoms with Crippen LogP contribution >= 0.6 is 11.8 Å². The van der Waals surface area contributed by atoms with Crippen LogP contribution in [0, 0.1) is 18.3 Å². The Kier molecular flexibility index (Phi) is 5.72. The first-order valence-electron chi connectivity index (χ1n) is 7.21. The predicted octanol–water partition coefficient (Wildman–Crippen LogP) is 2.96. The Labute approximate surface area is 130 Å². The van der Waals surface area contributed by atoms with Gasteiger partial charge in [0, 0.05) is 28.2 Å². The van der Waals surface area contributed by atoms with Crippen LogP contribution in [0.25, 0.3) is 0 Å². The van der Waals surface area contributed by atoms with Gasteiger partial charge in [-0.25, -0.2) is 0 Å². The molecule has 112 valence electrons. The van der Waals surface area contributed by atoms with Crippen LogP contribution < -0.4 is 5.32 Å². The Balaban J connectivity index is 1.97. The first-order chi connectivity index (χ1) is 10.1. The third kappa shape index (κ3) is 4.52. The van der Waals surface area contributed by atoms with E-state index in [4.69, 9.17) is 11.2 Å². The fourth-order valence-electron chi connectivity index (χ4n) is 2.29. The van der Waals surface area contributed by atoms with Gasteiger partial charge in [-0.1, -0.05) is 19.8 Å². The van der Waals surface area contributed by atoms with E-state index in [1.165, 1.54) is 4.90 Å². The summed E-state index contributed by atoms with van der Waals surface area (Å²) >= 11 is 1.78. The standard InChI is InChI=1S/C17H21NO2S/c1-4-16(14-9-10-20-11-14)18-17(19)13-5-7-15(8-6-13)21-12(2)3/h1,5-8,12,14,16H,9-11H2,2-3H3,(H,18,19). The lowest BCUT2D eigenvalue weighted by molar-refractivity contribution is 0.0931. The van der Waals surface area contributed by atoms with Crippen molar-refractivity contribution in [3.8, 4) is 12.3 Å². The van der Waals surface area contributed by atoms with Crippen LogP contribution in [0.5, 0.6) is 0 Å². The molecule has 3 nitrogen and oxygen atoms in total. The van der Waals surface area contributed by atoms with E-state index < -0.39 is 0 Å². The minimum Gasteiger partial charge on any atom is -0.381 e. The van der Waals surface area contributed by atoms with E-state index in [1.54, 1.807) is 11.8 Å². The zero-order valence-electron chi connectivity index (χ0n) is 12.5. The van der Waals surface area contributed by atoms with Crippen LogP contribution in [0.4, 0.5) is 0 Å². The van der Waals surface area contributed by atoms with Gasteiger partial charge in [-0.05, 0) is 30.7 Å². The molecule has 0 bridgehead atoms. The summed E-state index contributed by atoms with van der Waals surface area (Å²) in [6.45, 7) is 5.64. The molecule has 1 aliphatic heterocycles. The van der Waals surface area contributed by atoms with Crippen LogP contribution in [-0.4, -0.2) is 30.4 Å². The molecule has 1 N–H and O–H groups in total.